The summed E-state index contributed by atoms with van der Waals surface area (Å²) in [7, 11) is 0. The van der Waals surface area contributed by atoms with E-state index < -0.39 is 0 Å². The molecule has 0 amide bonds. The van der Waals surface area contributed by atoms with E-state index >= 15 is 0 Å². The van der Waals surface area contributed by atoms with Crippen molar-refractivity contribution >= 4 is 41.4 Å². The van der Waals surface area contributed by atoms with Gasteiger partial charge in [0.1, 0.15) is 0 Å². The molecule has 0 saturated heterocycles. The van der Waals surface area contributed by atoms with Gasteiger partial charge >= 0.3 is 0 Å². The molecule has 152 valence electrons. The van der Waals surface area contributed by atoms with Crippen molar-refractivity contribution in [2.45, 2.75) is 45.7 Å². The van der Waals surface area contributed by atoms with Crippen LogP contribution < -0.4 is 10.6 Å². The Balaban J connectivity index is 0.00000140. The zero-order chi connectivity index (χ0) is 17.8. The molecule has 0 aliphatic carbocycles. The van der Waals surface area contributed by atoms with E-state index in [0.717, 1.165) is 26.1 Å². The Bertz CT molecular complexity index is 889. The van der Waals surface area contributed by atoms with Gasteiger partial charge in [-0.25, -0.2) is 0 Å². The van der Waals surface area contributed by atoms with Crippen molar-refractivity contribution in [1.29, 1.82) is 0 Å². The molecule has 0 atom stereocenters. The average Bonchev–Trinajstić information content (AvgIpc) is 3.00. The number of nitrogens with one attached hydrogen (secondary N) is 2. The molecule has 0 spiro atoms. The number of halogens is 2. The van der Waals surface area contributed by atoms with Gasteiger partial charge in [-0.1, -0.05) is 30.3 Å². The Kier molecular flexibility index (Phi) is 8.68. The minimum absolute atomic E-state index is 0. The smallest absolute Gasteiger partial charge is 0.0485 e. The van der Waals surface area contributed by atoms with Crippen LogP contribution in [0.5, 0.6) is 0 Å². The molecule has 2 aromatic carbocycles. The predicted octanol–water partition coefficient (Wildman–Crippen LogP) is 5.59. The predicted molar refractivity (Wildman–Crippen MR) is 125 cm³/mol. The van der Waals surface area contributed by atoms with Crippen LogP contribution in [0.25, 0.3) is 10.9 Å². The van der Waals surface area contributed by atoms with Gasteiger partial charge in [0.15, 0.2) is 0 Å². The standard InChI is InChI=1S/C23H29N3.2ClH/c1-2-25-19-9-7-8-18(16-19)17-24-14-13-21-20-10-3-4-11-22(20)26-15-6-5-12-23(21)26;;/h3-4,7-11,16,24-25H,2,5-6,12-15,17H2,1H3;2*1H. The summed E-state index contributed by atoms with van der Waals surface area (Å²) in [5, 5.41) is 8.49. The Morgan fingerprint density at radius 3 is 2.71 bits per heavy atom. The molecule has 0 unspecified atom stereocenters. The molecule has 1 aliphatic rings. The summed E-state index contributed by atoms with van der Waals surface area (Å²) in [6, 6.07) is 17.6. The van der Waals surface area contributed by atoms with E-state index in [-0.39, 0.29) is 24.8 Å². The zero-order valence-electron chi connectivity index (χ0n) is 16.5. The number of fused-ring (bicyclic) bond motifs is 3. The molecule has 28 heavy (non-hydrogen) atoms. The van der Waals surface area contributed by atoms with E-state index in [2.05, 4.69) is 70.7 Å². The maximum atomic E-state index is 3.64. The average molecular weight is 420 g/mol. The van der Waals surface area contributed by atoms with E-state index in [1.54, 1.807) is 11.3 Å². The number of aromatic nitrogens is 1. The van der Waals surface area contributed by atoms with Crippen LogP contribution in [0.3, 0.4) is 0 Å². The van der Waals surface area contributed by atoms with Crippen LogP contribution in [0, 0.1) is 0 Å². The summed E-state index contributed by atoms with van der Waals surface area (Å²) in [4.78, 5) is 0. The minimum atomic E-state index is 0. The van der Waals surface area contributed by atoms with Crippen LogP contribution >= 0.6 is 24.8 Å². The first-order valence-corrected chi connectivity index (χ1v) is 9.99. The molecule has 5 heteroatoms. The SMILES string of the molecule is CCNc1cccc(CNCCc2c3n(c4ccccc24)CCCC3)c1.Cl.Cl. The summed E-state index contributed by atoms with van der Waals surface area (Å²) in [5.41, 5.74) is 7.12. The van der Waals surface area contributed by atoms with Crippen molar-refractivity contribution in [1.82, 2.24) is 9.88 Å². The molecule has 0 saturated carbocycles. The van der Waals surface area contributed by atoms with Crippen molar-refractivity contribution in [3.8, 4) is 0 Å². The fraction of sp³-hybridized carbons (Fsp3) is 0.391. The third kappa shape index (κ3) is 4.83. The normalized spacial score (nSPS) is 12.8. The van der Waals surface area contributed by atoms with Crippen LogP contribution in [-0.4, -0.2) is 17.7 Å². The summed E-state index contributed by atoms with van der Waals surface area (Å²) in [6.07, 6.45) is 4.98. The number of rotatable bonds is 7. The highest BCUT2D eigenvalue weighted by atomic mass is 35.5. The molecule has 2 N–H and O–H groups in total. The number of benzene rings is 2. The van der Waals surface area contributed by atoms with Gasteiger partial charge in [0.05, 0.1) is 0 Å². The first-order chi connectivity index (χ1) is 12.9. The van der Waals surface area contributed by atoms with Gasteiger partial charge in [-0.15, -0.1) is 24.8 Å². The lowest BCUT2D eigenvalue weighted by molar-refractivity contribution is 0.539. The first kappa shape index (κ1) is 22.6. The second-order valence-electron chi connectivity index (χ2n) is 7.21. The number of hydrogen-bond acceptors (Lipinski definition) is 2. The van der Waals surface area contributed by atoms with Gasteiger partial charge in [0.2, 0.25) is 0 Å². The van der Waals surface area contributed by atoms with Crippen molar-refractivity contribution in [3.05, 3.63) is 65.4 Å². The lowest BCUT2D eigenvalue weighted by Gasteiger charge is -2.17. The van der Waals surface area contributed by atoms with Crippen molar-refractivity contribution in [2.24, 2.45) is 0 Å². The van der Waals surface area contributed by atoms with Crippen LogP contribution in [-0.2, 0) is 25.9 Å². The summed E-state index contributed by atoms with van der Waals surface area (Å²) >= 11 is 0. The molecule has 4 rings (SSSR count). The van der Waals surface area contributed by atoms with Crippen LogP contribution in [0.4, 0.5) is 5.69 Å². The van der Waals surface area contributed by atoms with Crippen molar-refractivity contribution in [2.75, 3.05) is 18.4 Å². The number of aryl methyl sites for hydroxylation is 1. The number of nitrogens with zero attached hydrogens (tertiary/aromatic N) is 1. The first-order valence-electron chi connectivity index (χ1n) is 9.99. The van der Waals surface area contributed by atoms with Crippen molar-refractivity contribution < 1.29 is 0 Å². The highest BCUT2D eigenvalue weighted by molar-refractivity contribution is 5.86. The summed E-state index contributed by atoms with van der Waals surface area (Å²) in [6.45, 7) is 6.22. The Morgan fingerprint density at radius 2 is 1.86 bits per heavy atom. The van der Waals surface area contributed by atoms with E-state index in [4.69, 9.17) is 0 Å². The highest BCUT2D eigenvalue weighted by Crippen LogP contribution is 2.30. The van der Waals surface area contributed by atoms with E-state index in [1.807, 2.05) is 0 Å². The molecule has 1 aromatic heterocycles. The fourth-order valence-electron chi connectivity index (χ4n) is 4.25. The lowest BCUT2D eigenvalue weighted by Crippen LogP contribution is -2.18. The molecule has 3 aromatic rings. The Morgan fingerprint density at radius 1 is 1.00 bits per heavy atom. The molecule has 2 heterocycles. The zero-order valence-corrected chi connectivity index (χ0v) is 18.2. The van der Waals surface area contributed by atoms with Crippen LogP contribution in [0.15, 0.2) is 48.5 Å². The van der Waals surface area contributed by atoms with E-state index in [0.29, 0.717) is 0 Å². The quantitative estimate of drug-likeness (QED) is 0.488. The third-order valence-electron chi connectivity index (χ3n) is 5.43. The van der Waals surface area contributed by atoms with Crippen LogP contribution in [0.2, 0.25) is 0 Å². The van der Waals surface area contributed by atoms with Gasteiger partial charge in [-0.3, -0.25) is 0 Å². The molecule has 3 nitrogen and oxygen atoms in total. The van der Waals surface area contributed by atoms with Crippen molar-refractivity contribution in [3.63, 3.8) is 0 Å². The third-order valence-corrected chi connectivity index (χ3v) is 5.43. The fourth-order valence-corrected chi connectivity index (χ4v) is 4.25. The minimum Gasteiger partial charge on any atom is -0.385 e. The number of anilines is 1. The molecular formula is C23H31Cl2N3. The topological polar surface area (TPSA) is 29.0 Å². The molecule has 1 aliphatic heterocycles. The Labute approximate surface area is 180 Å². The van der Waals surface area contributed by atoms with Gasteiger partial charge in [0, 0.05) is 41.9 Å². The Hall–Kier alpha value is -1.68. The largest absolute Gasteiger partial charge is 0.385 e. The van der Waals surface area contributed by atoms with E-state index in [9.17, 15) is 0 Å². The van der Waals surface area contributed by atoms with Gasteiger partial charge in [-0.2, -0.15) is 0 Å². The van der Waals surface area contributed by atoms with E-state index in [1.165, 1.54) is 48.0 Å². The molecular weight excluding hydrogens is 389 g/mol. The number of hydrogen-bond donors (Lipinski definition) is 2. The summed E-state index contributed by atoms with van der Waals surface area (Å²) < 4.78 is 2.56. The maximum absolute atomic E-state index is 3.64. The van der Waals surface area contributed by atoms with Crippen LogP contribution in [0.1, 0.15) is 36.6 Å². The van der Waals surface area contributed by atoms with Gasteiger partial charge < -0.3 is 15.2 Å². The van der Waals surface area contributed by atoms with Gasteiger partial charge in [-0.05, 0) is 68.5 Å². The molecule has 0 bridgehead atoms. The van der Waals surface area contributed by atoms with Gasteiger partial charge in [0.25, 0.3) is 0 Å². The highest BCUT2D eigenvalue weighted by Gasteiger charge is 2.18. The summed E-state index contributed by atoms with van der Waals surface area (Å²) in [5.74, 6) is 0. The molecule has 0 radical (unpaired) electrons. The second kappa shape index (κ2) is 10.8. The second-order valence-corrected chi connectivity index (χ2v) is 7.21. The monoisotopic (exact) mass is 419 g/mol. The molecule has 0 fully saturated rings. The lowest BCUT2D eigenvalue weighted by atomic mass is 10.0. The maximum Gasteiger partial charge on any atom is 0.0485 e. The number of para-hydroxylation sites is 1.